The van der Waals surface area contributed by atoms with E-state index in [1.807, 2.05) is 24.3 Å². The van der Waals surface area contributed by atoms with Crippen LogP contribution in [-0.4, -0.2) is 47.8 Å². The minimum Gasteiger partial charge on any atom is -0.402 e. The van der Waals surface area contributed by atoms with Crippen LogP contribution in [0, 0.1) is 5.41 Å². The highest BCUT2D eigenvalue weighted by Gasteiger charge is 2.12. The van der Waals surface area contributed by atoms with Gasteiger partial charge < -0.3 is 21.2 Å². The molecule has 3 rings (SSSR count). The lowest BCUT2D eigenvalue weighted by atomic mass is 9.96. The smallest absolute Gasteiger partial charge is 0.248 e. The van der Waals surface area contributed by atoms with Crippen molar-refractivity contribution in [3.8, 4) is 0 Å². The second-order valence-electron chi connectivity index (χ2n) is 7.55. The Balaban J connectivity index is 1.65. The van der Waals surface area contributed by atoms with Crippen molar-refractivity contribution >= 4 is 29.0 Å². The van der Waals surface area contributed by atoms with E-state index < -0.39 is 0 Å². The van der Waals surface area contributed by atoms with Gasteiger partial charge in [0.25, 0.3) is 0 Å². The maximum absolute atomic E-state index is 12.4. The minimum absolute atomic E-state index is 0.239. The van der Waals surface area contributed by atoms with Gasteiger partial charge in [0.15, 0.2) is 0 Å². The Kier molecular flexibility index (Phi) is 7.70. The number of morpholine rings is 1. The lowest BCUT2D eigenvalue weighted by molar-refractivity contribution is -0.111. The van der Waals surface area contributed by atoms with Crippen LogP contribution in [-0.2, 0) is 16.1 Å². The van der Waals surface area contributed by atoms with Gasteiger partial charge in [0.1, 0.15) is 0 Å². The van der Waals surface area contributed by atoms with Crippen LogP contribution in [0.15, 0.2) is 54.5 Å². The summed E-state index contributed by atoms with van der Waals surface area (Å²) in [4.78, 5) is 18.9. The molecule has 1 aliphatic rings. The van der Waals surface area contributed by atoms with Crippen molar-refractivity contribution in [1.29, 1.82) is 5.41 Å². The van der Waals surface area contributed by atoms with E-state index in [-0.39, 0.29) is 5.91 Å². The number of nitrogens with two attached hydrogens (primary N) is 1. The quantitative estimate of drug-likeness (QED) is 0.472. The Hall–Kier alpha value is -3.29. The predicted octanol–water partition coefficient (Wildman–Crippen LogP) is 3.30. The zero-order chi connectivity index (χ0) is 22.2. The van der Waals surface area contributed by atoms with Gasteiger partial charge in [-0.3, -0.25) is 14.7 Å². The van der Waals surface area contributed by atoms with Crippen molar-refractivity contribution in [2.24, 2.45) is 5.73 Å². The monoisotopic (exact) mass is 419 g/mol. The first kappa shape index (κ1) is 22.4. The number of nitrogens with zero attached hydrogens (tertiary/aromatic N) is 2. The molecule has 1 aliphatic heterocycles. The van der Waals surface area contributed by atoms with E-state index in [1.54, 1.807) is 38.4 Å². The van der Waals surface area contributed by atoms with E-state index in [4.69, 9.17) is 15.9 Å². The number of amides is 1. The van der Waals surface area contributed by atoms with Crippen molar-refractivity contribution in [2.45, 2.75) is 20.4 Å². The number of carbonyl (C=O) groups is 1. The highest BCUT2D eigenvalue weighted by atomic mass is 16.5. The lowest BCUT2D eigenvalue weighted by Gasteiger charge is -2.26. The Morgan fingerprint density at radius 1 is 1.23 bits per heavy atom. The molecular formula is C24H29N5O2. The number of anilines is 1. The van der Waals surface area contributed by atoms with Gasteiger partial charge in [-0.05, 0) is 49.2 Å². The number of rotatable bonds is 7. The number of ether oxygens (including phenoxy) is 1. The number of hydrogen-bond donors (Lipinski definition) is 3. The maximum atomic E-state index is 12.4. The topological polar surface area (TPSA) is 104 Å². The first-order valence-electron chi connectivity index (χ1n) is 10.3. The van der Waals surface area contributed by atoms with Crippen LogP contribution in [0.5, 0.6) is 0 Å². The van der Waals surface area contributed by atoms with Crippen LogP contribution in [0.2, 0.25) is 0 Å². The van der Waals surface area contributed by atoms with E-state index >= 15 is 0 Å². The number of benzene rings is 1. The Bertz CT molecular complexity index is 985. The molecule has 0 bridgehead atoms. The normalized spacial score (nSPS) is 15.5. The summed E-state index contributed by atoms with van der Waals surface area (Å²) >= 11 is 0. The molecule has 7 nitrogen and oxygen atoms in total. The summed E-state index contributed by atoms with van der Waals surface area (Å²) < 4.78 is 5.38. The molecule has 1 fully saturated rings. The van der Waals surface area contributed by atoms with Gasteiger partial charge in [0, 0.05) is 66.3 Å². The molecule has 0 saturated carbocycles. The number of nitrogens with one attached hydrogen (secondary N) is 2. The first-order valence-corrected chi connectivity index (χ1v) is 10.3. The fraction of sp³-hybridized carbons (Fsp3) is 0.292. The minimum atomic E-state index is -0.239. The van der Waals surface area contributed by atoms with E-state index in [9.17, 15) is 4.79 Å². The fourth-order valence-electron chi connectivity index (χ4n) is 3.54. The summed E-state index contributed by atoms with van der Waals surface area (Å²) in [5.41, 5.74) is 11.0. The molecular weight excluding hydrogens is 390 g/mol. The maximum Gasteiger partial charge on any atom is 0.248 e. The van der Waals surface area contributed by atoms with E-state index in [2.05, 4.69) is 15.2 Å². The SMILES string of the molecule is CC(=N)C(=C(C)N)c1ccncc1/C=C/C(=O)Nc1ccc(CN2CCOCC2)cc1. The van der Waals surface area contributed by atoms with Gasteiger partial charge in [-0.1, -0.05) is 12.1 Å². The zero-order valence-electron chi connectivity index (χ0n) is 18.0. The van der Waals surface area contributed by atoms with Crippen LogP contribution < -0.4 is 11.1 Å². The summed E-state index contributed by atoms with van der Waals surface area (Å²) in [7, 11) is 0. The Morgan fingerprint density at radius 3 is 2.58 bits per heavy atom. The number of pyridine rings is 1. The molecule has 4 N–H and O–H groups in total. The molecule has 1 amide bonds. The molecule has 1 saturated heterocycles. The largest absolute Gasteiger partial charge is 0.402 e. The second-order valence-corrected chi connectivity index (χ2v) is 7.55. The van der Waals surface area contributed by atoms with Gasteiger partial charge >= 0.3 is 0 Å². The Labute approximate surface area is 183 Å². The molecule has 1 aromatic carbocycles. The standard InChI is InChI=1S/C24H29N5O2/c1-17(25)24(18(2)26)22-9-10-27-15-20(22)5-8-23(30)28-21-6-3-19(4-7-21)16-29-11-13-31-14-12-29/h3-10,15,25H,11-14,16,26H2,1-2H3,(H,28,30)/b8-5+,24-18?,25-17?. The molecule has 31 heavy (non-hydrogen) atoms. The molecule has 0 radical (unpaired) electrons. The van der Waals surface area contributed by atoms with Crippen molar-refractivity contribution in [2.75, 3.05) is 31.6 Å². The van der Waals surface area contributed by atoms with Crippen molar-refractivity contribution in [1.82, 2.24) is 9.88 Å². The molecule has 0 aliphatic carbocycles. The second kappa shape index (κ2) is 10.7. The van der Waals surface area contributed by atoms with Crippen LogP contribution in [0.25, 0.3) is 11.6 Å². The molecule has 162 valence electrons. The van der Waals surface area contributed by atoms with Crippen LogP contribution >= 0.6 is 0 Å². The highest BCUT2D eigenvalue weighted by Crippen LogP contribution is 2.22. The lowest BCUT2D eigenvalue weighted by Crippen LogP contribution is -2.35. The van der Waals surface area contributed by atoms with Crippen LogP contribution in [0.3, 0.4) is 0 Å². The molecule has 0 unspecified atom stereocenters. The third kappa shape index (κ3) is 6.34. The third-order valence-corrected chi connectivity index (χ3v) is 5.04. The van der Waals surface area contributed by atoms with Gasteiger partial charge in [-0.2, -0.15) is 0 Å². The van der Waals surface area contributed by atoms with E-state index in [0.29, 0.717) is 17.0 Å². The fourth-order valence-corrected chi connectivity index (χ4v) is 3.54. The summed E-state index contributed by atoms with van der Waals surface area (Å²) in [5.74, 6) is -0.239. The number of hydrogen-bond acceptors (Lipinski definition) is 6. The predicted molar refractivity (Wildman–Crippen MR) is 125 cm³/mol. The summed E-state index contributed by atoms with van der Waals surface area (Å²) in [5, 5.41) is 10.9. The first-order chi connectivity index (χ1) is 14.9. The van der Waals surface area contributed by atoms with Gasteiger partial charge in [-0.25, -0.2) is 0 Å². The van der Waals surface area contributed by atoms with Crippen molar-refractivity contribution < 1.29 is 9.53 Å². The molecule has 2 heterocycles. The van der Waals surface area contributed by atoms with Crippen LogP contribution in [0.1, 0.15) is 30.5 Å². The number of carbonyl (C=O) groups excluding carboxylic acids is 1. The van der Waals surface area contributed by atoms with E-state index in [1.165, 1.54) is 11.6 Å². The Morgan fingerprint density at radius 2 is 1.94 bits per heavy atom. The number of allylic oxidation sites excluding steroid dienone is 2. The average Bonchev–Trinajstić information content (AvgIpc) is 2.75. The highest BCUT2D eigenvalue weighted by molar-refractivity contribution is 6.22. The van der Waals surface area contributed by atoms with Gasteiger partial charge in [0.05, 0.1) is 13.2 Å². The summed E-state index contributed by atoms with van der Waals surface area (Å²) in [6.07, 6.45) is 6.46. The molecule has 1 aromatic heterocycles. The van der Waals surface area contributed by atoms with Gasteiger partial charge in [0.2, 0.25) is 5.91 Å². The summed E-state index contributed by atoms with van der Waals surface area (Å²) in [6.45, 7) is 7.77. The zero-order valence-corrected chi connectivity index (χ0v) is 18.0. The van der Waals surface area contributed by atoms with E-state index in [0.717, 1.165) is 49.7 Å². The molecule has 2 aromatic rings. The van der Waals surface area contributed by atoms with Crippen molar-refractivity contribution in [3.63, 3.8) is 0 Å². The third-order valence-electron chi connectivity index (χ3n) is 5.04. The number of aromatic nitrogens is 1. The van der Waals surface area contributed by atoms with Crippen molar-refractivity contribution in [3.05, 3.63) is 71.2 Å². The molecule has 0 spiro atoms. The summed E-state index contributed by atoms with van der Waals surface area (Å²) in [6, 6.07) is 9.68. The van der Waals surface area contributed by atoms with Crippen LogP contribution in [0.4, 0.5) is 5.69 Å². The average molecular weight is 420 g/mol. The van der Waals surface area contributed by atoms with Gasteiger partial charge in [-0.15, -0.1) is 0 Å². The molecule has 0 atom stereocenters. The molecule has 7 heteroatoms.